The Morgan fingerprint density at radius 3 is 2.56 bits per heavy atom. The highest BCUT2D eigenvalue weighted by Gasteiger charge is 2.27. The van der Waals surface area contributed by atoms with Crippen LogP contribution in [-0.4, -0.2) is 28.8 Å². The van der Waals surface area contributed by atoms with E-state index in [-0.39, 0.29) is 17.0 Å². The first-order valence-corrected chi connectivity index (χ1v) is 5.12. The van der Waals surface area contributed by atoms with Gasteiger partial charge in [-0.3, -0.25) is 4.98 Å². The van der Waals surface area contributed by atoms with Gasteiger partial charge in [0.15, 0.2) is 0 Å². The van der Waals surface area contributed by atoms with E-state index < -0.39 is 25.2 Å². The van der Waals surface area contributed by atoms with E-state index in [1.54, 1.807) is 6.92 Å². The first-order valence-electron chi connectivity index (χ1n) is 5.12. The van der Waals surface area contributed by atoms with Gasteiger partial charge >= 0.3 is 12.1 Å². The number of hydrogen-bond acceptors (Lipinski definition) is 3. The molecule has 0 bridgehead atoms. The van der Waals surface area contributed by atoms with Crippen LogP contribution in [0.5, 0.6) is 5.75 Å². The Labute approximate surface area is 101 Å². The number of carbonyl (C=O) groups is 1. The average molecular weight is 263 g/mol. The van der Waals surface area contributed by atoms with Crippen LogP contribution < -0.4 is 4.74 Å². The minimum Gasteiger partial charge on any atom is -0.492 e. The number of hydrogen-bond donors (Lipinski definition) is 1. The number of aromatic nitrogens is 1. The molecule has 100 valence electrons. The van der Waals surface area contributed by atoms with Crippen LogP contribution in [0, 0.1) is 13.8 Å². The lowest BCUT2D eigenvalue weighted by Gasteiger charge is -2.12. The first-order chi connectivity index (χ1) is 8.20. The summed E-state index contributed by atoms with van der Waals surface area (Å²) in [6.45, 7) is 2.45. The molecular weight excluding hydrogens is 251 g/mol. The van der Waals surface area contributed by atoms with Crippen molar-refractivity contribution in [3.63, 3.8) is 0 Å². The SMILES string of the molecule is Cc1cc(OCCC(F)(F)F)c(C(=O)O)c(C)n1. The maximum absolute atomic E-state index is 12.0. The molecule has 7 heteroatoms. The van der Waals surface area contributed by atoms with Gasteiger partial charge in [0.2, 0.25) is 0 Å². The van der Waals surface area contributed by atoms with Crippen molar-refractivity contribution in [2.75, 3.05) is 6.61 Å². The van der Waals surface area contributed by atoms with Gasteiger partial charge in [-0.2, -0.15) is 13.2 Å². The van der Waals surface area contributed by atoms with Crippen molar-refractivity contribution >= 4 is 5.97 Å². The highest BCUT2D eigenvalue weighted by molar-refractivity contribution is 5.92. The van der Waals surface area contributed by atoms with Crippen LogP contribution in [0.15, 0.2) is 6.07 Å². The van der Waals surface area contributed by atoms with Crippen molar-refractivity contribution in [1.29, 1.82) is 0 Å². The second-order valence-corrected chi connectivity index (χ2v) is 3.74. The molecule has 0 unspecified atom stereocenters. The zero-order chi connectivity index (χ0) is 13.9. The topological polar surface area (TPSA) is 59.4 Å². The normalized spacial score (nSPS) is 11.4. The predicted molar refractivity (Wildman–Crippen MR) is 56.8 cm³/mol. The average Bonchev–Trinajstić information content (AvgIpc) is 2.13. The Hall–Kier alpha value is -1.79. The molecule has 1 rings (SSSR count). The smallest absolute Gasteiger partial charge is 0.392 e. The van der Waals surface area contributed by atoms with Gasteiger partial charge in [0.25, 0.3) is 0 Å². The Morgan fingerprint density at radius 1 is 1.44 bits per heavy atom. The summed E-state index contributed by atoms with van der Waals surface area (Å²) in [6, 6.07) is 1.31. The molecule has 0 saturated carbocycles. The number of halogens is 3. The fourth-order valence-corrected chi connectivity index (χ4v) is 1.44. The molecule has 0 spiro atoms. The van der Waals surface area contributed by atoms with E-state index in [2.05, 4.69) is 4.98 Å². The number of carboxylic acid groups (broad SMARTS) is 1. The summed E-state index contributed by atoms with van der Waals surface area (Å²) < 4.78 is 40.8. The van der Waals surface area contributed by atoms with E-state index in [0.29, 0.717) is 5.69 Å². The second-order valence-electron chi connectivity index (χ2n) is 3.74. The number of aromatic carboxylic acids is 1. The van der Waals surface area contributed by atoms with Crippen molar-refractivity contribution in [2.45, 2.75) is 26.4 Å². The van der Waals surface area contributed by atoms with Crippen molar-refractivity contribution in [3.8, 4) is 5.75 Å². The zero-order valence-corrected chi connectivity index (χ0v) is 9.84. The number of alkyl halides is 3. The van der Waals surface area contributed by atoms with Gasteiger partial charge < -0.3 is 9.84 Å². The van der Waals surface area contributed by atoms with Gasteiger partial charge in [-0.15, -0.1) is 0 Å². The number of carboxylic acids is 1. The lowest BCUT2D eigenvalue weighted by atomic mass is 10.1. The third-order valence-corrected chi connectivity index (χ3v) is 2.15. The van der Waals surface area contributed by atoms with Crippen molar-refractivity contribution < 1.29 is 27.8 Å². The highest BCUT2D eigenvalue weighted by atomic mass is 19.4. The lowest BCUT2D eigenvalue weighted by Crippen LogP contribution is -2.15. The first kappa shape index (κ1) is 14.3. The van der Waals surface area contributed by atoms with Gasteiger partial charge in [-0.1, -0.05) is 0 Å². The number of aryl methyl sites for hydroxylation is 2. The zero-order valence-electron chi connectivity index (χ0n) is 9.84. The number of pyridine rings is 1. The van der Waals surface area contributed by atoms with Gasteiger partial charge in [-0.25, -0.2) is 4.79 Å². The van der Waals surface area contributed by atoms with Crippen LogP contribution in [0.2, 0.25) is 0 Å². The fourth-order valence-electron chi connectivity index (χ4n) is 1.44. The van der Waals surface area contributed by atoms with Crippen LogP contribution in [0.3, 0.4) is 0 Å². The van der Waals surface area contributed by atoms with Crippen molar-refractivity contribution in [1.82, 2.24) is 4.98 Å². The molecule has 1 heterocycles. The molecule has 4 nitrogen and oxygen atoms in total. The number of ether oxygens (including phenoxy) is 1. The summed E-state index contributed by atoms with van der Waals surface area (Å²) in [5.74, 6) is -1.36. The van der Waals surface area contributed by atoms with Gasteiger partial charge in [0, 0.05) is 11.8 Å². The fraction of sp³-hybridized carbons (Fsp3) is 0.455. The van der Waals surface area contributed by atoms with E-state index in [1.807, 2.05) is 0 Å². The molecule has 0 aromatic carbocycles. The monoisotopic (exact) mass is 263 g/mol. The Balaban J connectivity index is 2.90. The van der Waals surface area contributed by atoms with Crippen molar-refractivity contribution in [3.05, 3.63) is 23.0 Å². The highest BCUT2D eigenvalue weighted by Crippen LogP contribution is 2.24. The number of rotatable bonds is 4. The van der Waals surface area contributed by atoms with E-state index in [4.69, 9.17) is 9.84 Å². The van der Waals surface area contributed by atoms with Crippen LogP contribution in [0.1, 0.15) is 28.2 Å². The van der Waals surface area contributed by atoms with Gasteiger partial charge in [0.1, 0.15) is 11.3 Å². The van der Waals surface area contributed by atoms with Crippen LogP contribution in [-0.2, 0) is 0 Å². The number of nitrogens with zero attached hydrogens (tertiary/aromatic N) is 1. The quantitative estimate of drug-likeness (QED) is 0.907. The maximum atomic E-state index is 12.0. The summed E-state index contributed by atoms with van der Waals surface area (Å²) in [4.78, 5) is 14.9. The molecule has 18 heavy (non-hydrogen) atoms. The molecule has 0 fully saturated rings. The summed E-state index contributed by atoms with van der Waals surface area (Å²) in [7, 11) is 0. The molecule has 0 aliphatic rings. The molecule has 0 aliphatic carbocycles. The standard InChI is InChI=1S/C11H12F3NO3/c1-6-5-8(18-4-3-11(12,13)14)9(10(16)17)7(2)15-6/h5H,3-4H2,1-2H3,(H,16,17). The van der Waals surface area contributed by atoms with Crippen LogP contribution in [0.4, 0.5) is 13.2 Å². The summed E-state index contributed by atoms with van der Waals surface area (Å²) >= 11 is 0. The Bertz CT molecular complexity index is 458. The van der Waals surface area contributed by atoms with Crippen LogP contribution >= 0.6 is 0 Å². The Kier molecular flexibility index (Phi) is 4.15. The molecule has 1 aromatic rings. The second kappa shape index (κ2) is 5.24. The summed E-state index contributed by atoms with van der Waals surface area (Å²) in [5, 5.41) is 8.95. The molecule has 1 aromatic heterocycles. The molecule has 0 amide bonds. The molecule has 0 radical (unpaired) electrons. The molecular formula is C11H12F3NO3. The molecule has 0 aliphatic heterocycles. The maximum Gasteiger partial charge on any atom is 0.392 e. The predicted octanol–water partition coefficient (Wildman–Crippen LogP) is 2.73. The largest absolute Gasteiger partial charge is 0.492 e. The van der Waals surface area contributed by atoms with Gasteiger partial charge in [0.05, 0.1) is 18.7 Å². The lowest BCUT2D eigenvalue weighted by molar-refractivity contribution is -0.139. The third kappa shape index (κ3) is 3.90. The molecule has 0 atom stereocenters. The van der Waals surface area contributed by atoms with E-state index in [0.717, 1.165) is 0 Å². The minimum absolute atomic E-state index is 0.0863. The van der Waals surface area contributed by atoms with Crippen LogP contribution in [0.25, 0.3) is 0 Å². The summed E-state index contributed by atoms with van der Waals surface area (Å²) in [5.41, 5.74) is 0.492. The minimum atomic E-state index is -4.33. The van der Waals surface area contributed by atoms with E-state index >= 15 is 0 Å². The van der Waals surface area contributed by atoms with Crippen molar-refractivity contribution in [2.24, 2.45) is 0 Å². The molecule has 1 N–H and O–H groups in total. The van der Waals surface area contributed by atoms with Gasteiger partial charge in [-0.05, 0) is 13.8 Å². The third-order valence-electron chi connectivity index (χ3n) is 2.15. The van der Waals surface area contributed by atoms with E-state index in [9.17, 15) is 18.0 Å². The Morgan fingerprint density at radius 2 is 2.06 bits per heavy atom. The van der Waals surface area contributed by atoms with E-state index in [1.165, 1.54) is 13.0 Å². The molecule has 0 saturated heterocycles. The summed E-state index contributed by atoms with van der Waals surface area (Å²) in [6.07, 6.45) is -5.47.